The van der Waals surface area contributed by atoms with Gasteiger partial charge in [0.15, 0.2) is 5.82 Å². The van der Waals surface area contributed by atoms with Gasteiger partial charge in [0.25, 0.3) is 0 Å². The van der Waals surface area contributed by atoms with E-state index in [1.165, 1.54) is 0 Å². The molecule has 0 aromatic carbocycles. The van der Waals surface area contributed by atoms with Crippen LogP contribution in [-0.2, 0) is 10.3 Å². The number of rotatable bonds is 1. The molecular formula is C12H16N2O2. The second-order valence-electron chi connectivity index (χ2n) is 4.92. The second kappa shape index (κ2) is 3.50. The molecule has 1 aromatic rings. The van der Waals surface area contributed by atoms with Crippen LogP contribution >= 0.6 is 0 Å². The Balaban J connectivity index is 1.93. The highest BCUT2D eigenvalue weighted by Gasteiger charge is 2.46. The molecule has 16 heavy (non-hydrogen) atoms. The van der Waals surface area contributed by atoms with E-state index in [4.69, 9.17) is 4.74 Å². The first-order valence-corrected chi connectivity index (χ1v) is 5.84. The van der Waals surface area contributed by atoms with E-state index in [0.29, 0.717) is 18.7 Å². The normalized spacial score (nSPS) is 37.6. The van der Waals surface area contributed by atoms with Crippen LogP contribution in [0.4, 0.5) is 0 Å². The quantitative estimate of drug-likeness (QED) is 0.775. The molecule has 2 unspecified atom stereocenters. The van der Waals surface area contributed by atoms with Crippen molar-refractivity contribution >= 4 is 0 Å². The number of hydrogen-bond acceptors (Lipinski definition) is 4. The summed E-state index contributed by atoms with van der Waals surface area (Å²) in [6, 6.07) is 1.85. The Labute approximate surface area is 94.7 Å². The summed E-state index contributed by atoms with van der Waals surface area (Å²) in [5, 5.41) is 10.6. The van der Waals surface area contributed by atoms with Crippen molar-refractivity contribution in [3.63, 3.8) is 0 Å². The summed E-state index contributed by atoms with van der Waals surface area (Å²) >= 11 is 0. The van der Waals surface area contributed by atoms with E-state index in [-0.39, 0.29) is 12.2 Å². The first-order chi connectivity index (χ1) is 7.66. The number of nitrogens with zero attached hydrogens (tertiary/aromatic N) is 2. The van der Waals surface area contributed by atoms with Crippen LogP contribution < -0.4 is 0 Å². The Morgan fingerprint density at radius 3 is 2.69 bits per heavy atom. The van der Waals surface area contributed by atoms with Crippen molar-refractivity contribution in [3.8, 4) is 0 Å². The minimum Gasteiger partial charge on any atom is -0.382 e. The minimum absolute atomic E-state index is 0.188. The first-order valence-electron chi connectivity index (χ1n) is 5.84. The molecule has 2 aliphatic rings. The fraction of sp³-hybridized carbons (Fsp3) is 0.667. The lowest BCUT2D eigenvalue weighted by Crippen LogP contribution is -2.40. The fourth-order valence-electron chi connectivity index (χ4n) is 2.77. The van der Waals surface area contributed by atoms with Crippen molar-refractivity contribution < 1.29 is 9.84 Å². The minimum atomic E-state index is -0.879. The van der Waals surface area contributed by atoms with Gasteiger partial charge in [0.1, 0.15) is 5.60 Å². The van der Waals surface area contributed by atoms with Gasteiger partial charge in [-0.2, -0.15) is 0 Å². The Morgan fingerprint density at radius 2 is 2.06 bits per heavy atom. The molecule has 2 bridgehead atoms. The van der Waals surface area contributed by atoms with Gasteiger partial charge in [-0.3, -0.25) is 0 Å². The largest absolute Gasteiger partial charge is 0.382 e. The molecule has 2 fully saturated rings. The zero-order valence-electron chi connectivity index (χ0n) is 9.39. The molecule has 0 radical (unpaired) electrons. The number of aliphatic hydroxyl groups is 1. The van der Waals surface area contributed by atoms with Crippen LogP contribution in [0.25, 0.3) is 0 Å². The lowest BCUT2D eigenvalue weighted by atomic mass is 9.89. The van der Waals surface area contributed by atoms with Gasteiger partial charge in [-0.25, -0.2) is 9.97 Å². The predicted molar refractivity (Wildman–Crippen MR) is 57.8 cm³/mol. The summed E-state index contributed by atoms with van der Waals surface area (Å²) in [6.45, 7) is 1.92. The van der Waals surface area contributed by atoms with Crippen LogP contribution in [0.15, 0.2) is 12.3 Å². The molecule has 2 atom stereocenters. The maximum Gasteiger partial charge on any atom is 0.160 e. The maximum absolute atomic E-state index is 10.6. The van der Waals surface area contributed by atoms with Crippen molar-refractivity contribution in [1.82, 2.24) is 9.97 Å². The van der Waals surface area contributed by atoms with Gasteiger partial charge in [-0.15, -0.1) is 0 Å². The summed E-state index contributed by atoms with van der Waals surface area (Å²) in [4.78, 5) is 8.56. The van der Waals surface area contributed by atoms with Gasteiger partial charge in [-0.05, 0) is 25.8 Å². The van der Waals surface area contributed by atoms with Crippen LogP contribution in [0.5, 0.6) is 0 Å². The SMILES string of the molecule is Cc1ccnc(C2(O)CC3CCC(C2)O3)n1. The van der Waals surface area contributed by atoms with Gasteiger partial charge in [0.2, 0.25) is 0 Å². The van der Waals surface area contributed by atoms with Crippen molar-refractivity contribution in [2.24, 2.45) is 0 Å². The molecule has 1 aromatic heterocycles. The van der Waals surface area contributed by atoms with Crippen molar-refractivity contribution in [3.05, 3.63) is 23.8 Å². The van der Waals surface area contributed by atoms with Crippen LogP contribution in [0.3, 0.4) is 0 Å². The summed E-state index contributed by atoms with van der Waals surface area (Å²) in [5.74, 6) is 0.563. The van der Waals surface area contributed by atoms with E-state index < -0.39 is 5.60 Å². The zero-order chi connectivity index (χ0) is 11.2. The third-order valence-electron chi connectivity index (χ3n) is 3.54. The number of fused-ring (bicyclic) bond motifs is 2. The Bertz CT molecular complexity index is 396. The Morgan fingerprint density at radius 1 is 1.38 bits per heavy atom. The Kier molecular flexibility index (Phi) is 2.23. The van der Waals surface area contributed by atoms with Gasteiger partial charge in [-0.1, -0.05) is 0 Å². The molecule has 4 heteroatoms. The summed E-state index contributed by atoms with van der Waals surface area (Å²) in [5.41, 5.74) is 0.0214. The van der Waals surface area contributed by atoms with E-state index >= 15 is 0 Å². The lowest BCUT2D eigenvalue weighted by molar-refractivity contribution is -0.119. The van der Waals surface area contributed by atoms with Crippen LogP contribution in [0, 0.1) is 6.92 Å². The van der Waals surface area contributed by atoms with E-state index in [1.54, 1.807) is 6.20 Å². The van der Waals surface area contributed by atoms with E-state index in [9.17, 15) is 5.11 Å². The van der Waals surface area contributed by atoms with E-state index in [0.717, 1.165) is 18.5 Å². The summed E-state index contributed by atoms with van der Waals surface area (Å²) in [7, 11) is 0. The van der Waals surface area contributed by atoms with Gasteiger partial charge in [0.05, 0.1) is 12.2 Å². The number of ether oxygens (including phenoxy) is 1. The highest BCUT2D eigenvalue weighted by Crippen LogP contribution is 2.42. The van der Waals surface area contributed by atoms with Crippen molar-refractivity contribution in [2.45, 2.75) is 50.4 Å². The average molecular weight is 220 g/mol. The van der Waals surface area contributed by atoms with E-state index in [1.807, 2.05) is 13.0 Å². The number of aryl methyl sites for hydroxylation is 1. The van der Waals surface area contributed by atoms with Crippen LogP contribution in [0.2, 0.25) is 0 Å². The number of aromatic nitrogens is 2. The molecule has 3 heterocycles. The van der Waals surface area contributed by atoms with Crippen LogP contribution in [0.1, 0.15) is 37.2 Å². The molecule has 3 rings (SSSR count). The highest BCUT2D eigenvalue weighted by atomic mass is 16.5. The second-order valence-corrected chi connectivity index (χ2v) is 4.92. The average Bonchev–Trinajstić information content (AvgIpc) is 2.59. The molecule has 2 saturated heterocycles. The summed E-state index contributed by atoms with van der Waals surface area (Å²) in [6.07, 6.45) is 5.46. The van der Waals surface area contributed by atoms with Crippen molar-refractivity contribution in [1.29, 1.82) is 0 Å². The van der Waals surface area contributed by atoms with Gasteiger partial charge >= 0.3 is 0 Å². The highest BCUT2D eigenvalue weighted by molar-refractivity contribution is 5.10. The molecule has 1 N–H and O–H groups in total. The topological polar surface area (TPSA) is 55.2 Å². The Hall–Kier alpha value is -1.00. The zero-order valence-corrected chi connectivity index (χ0v) is 9.39. The van der Waals surface area contributed by atoms with Gasteiger partial charge in [0, 0.05) is 24.7 Å². The standard InChI is InChI=1S/C12H16N2O2/c1-8-4-5-13-11(14-8)12(15)6-9-2-3-10(7-12)16-9/h4-5,9-10,15H,2-3,6-7H2,1H3. The molecule has 0 spiro atoms. The monoisotopic (exact) mass is 220 g/mol. The first kappa shape index (κ1) is 10.2. The third-order valence-corrected chi connectivity index (χ3v) is 3.54. The predicted octanol–water partition coefficient (Wildman–Crippen LogP) is 1.31. The smallest absolute Gasteiger partial charge is 0.160 e. The van der Waals surface area contributed by atoms with Gasteiger partial charge < -0.3 is 9.84 Å². The van der Waals surface area contributed by atoms with E-state index in [2.05, 4.69) is 9.97 Å². The maximum atomic E-state index is 10.6. The molecule has 2 aliphatic heterocycles. The molecule has 0 aliphatic carbocycles. The number of hydrogen-bond donors (Lipinski definition) is 1. The van der Waals surface area contributed by atoms with Crippen molar-refractivity contribution in [2.75, 3.05) is 0 Å². The molecular weight excluding hydrogens is 204 g/mol. The molecule has 0 saturated carbocycles. The van der Waals surface area contributed by atoms with Crippen LogP contribution in [-0.4, -0.2) is 27.3 Å². The molecule has 4 nitrogen and oxygen atoms in total. The molecule has 86 valence electrons. The molecule has 0 amide bonds. The summed E-state index contributed by atoms with van der Waals surface area (Å²) < 4.78 is 5.73. The lowest BCUT2D eigenvalue weighted by Gasteiger charge is -2.35. The fourth-order valence-corrected chi connectivity index (χ4v) is 2.77. The third kappa shape index (κ3) is 1.62.